The molecule has 1 fully saturated rings. The van der Waals surface area contributed by atoms with E-state index >= 15 is 0 Å². The Balaban J connectivity index is 2.12. The van der Waals surface area contributed by atoms with E-state index < -0.39 is 0 Å². The second kappa shape index (κ2) is 6.55. The van der Waals surface area contributed by atoms with Crippen LogP contribution in [-0.2, 0) is 27.2 Å². The molecule has 0 spiro atoms. The Labute approximate surface area is 141 Å². The first-order chi connectivity index (χ1) is 11.5. The highest BCUT2D eigenvalue weighted by molar-refractivity contribution is 5.71. The summed E-state index contributed by atoms with van der Waals surface area (Å²) in [6.45, 7) is 6.72. The van der Waals surface area contributed by atoms with Crippen LogP contribution in [0.3, 0.4) is 0 Å². The minimum absolute atomic E-state index is 0.264. The number of imidazole rings is 1. The van der Waals surface area contributed by atoms with Crippen LogP contribution < -0.4 is 11.2 Å². The highest BCUT2D eigenvalue weighted by atomic mass is 16.2. The summed E-state index contributed by atoms with van der Waals surface area (Å²) in [5, 5.41) is 0. The monoisotopic (exact) mass is 333 g/mol. The minimum atomic E-state index is -0.329. The molecule has 132 valence electrons. The molecule has 0 bridgehead atoms. The summed E-state index contributed by atoms with van der Waals surface area (Å²) in [6, 6.07) is 0.579. The number of aryl methyl sites for hydroxylation is 2. The lowest BCUT2D eigenvalue weighted by Gasteiger charge is -2.34. The molecule has 3 heterocycles. The van der Waals surface area contributed by atoms with Crippen LogP contribution in [0.2, 0.25) is 0 Å². The predicted octanol–water partition coefficient (Wildman–Crippen LogP) is 1.22. The molecule has 1 atom stereocenters. The van der Waals surface area contributed by atoms with Crippen molar-refractivity contribution < 1.29 is 0 Å². The van der Waals surface area contributed by atoms with E-state index in [9.17, 15) is 9.59 Å². The van der Waals surface area contributed by atoms with Gasteiger partial charge in [0.1, 0.15) is 5.82 Å². The van der Waals surface area contributed by atoms with E-state index in [1.807, 2.05) is 11.5 Å². The molecule has 24 heavy (non-hydrogen) atoms. The second-order valence-corrected chi connectivity index (χ2v) is 6.68. The summed E-state index contributed by atoms with van der Waals surface area (Å²) in [4.78, 5) is 31.9. The molecule has 3 rings (SSSR count). The van der Waals surface area contributed by atoms with E-state index in [4.69, 9.17) is 0 Å². The van der Waals surface area contributed by atoms with Gasteiger partial charge < -0.3 is 4.57 Å². The van der Waals surface area contributed by atoms with Gasteiger partial charge in [-0.25, -0.2) is 9.78 Å². The molecule has 1 saturated heterocycles. The van der Waals surface area contributed by atoms with Crippen LogP contribution in [-0.4, -0.2) is 36.2 Å². The molecule has 0 saturated carbocycles. The summed E-state index contributed by atoms with van der Waals surface area (Å²) >= 11 is 0. The predicted molar refractivity (Wildman–Crippen MR) is 94.2 cm³/mol. The fourth-order valence-corrected chi connectivity index (χ4v) is 3.87. The Kier molecular flexibility index (Phi) is 4.62. The van der Waals surface area contributed by atoms with Crippen molar-refractivity contribution in [1.29, 1.82) is 0 Å². The van der Waals surface area contributed by atoms with Crippen molar-refractivity contribution >= 4 is 11.2 Å². The fourth-order valence-electron chi connectivity index (χ4n) is 3.87. The van der Waals surface area contributed by atoms with E-state index in [2.05, 4.69) is 16.8 Å². The van der Waals surface area contributed by atoms with Crippen molar-refractivity contribution in [1.82, 2.24) is 23.6 Å². The maximum absolute atomic E-state index is 12.6. The maximum atomic E-state index is 12.6. The lowest BCUT2D eigenvalue weighted by Crippen LogP contribution is -2.39. The molecule has 0 aliphatic carbocycles. The zero-order valence-corrected chi connectivity index (χ0v) is 15.1. The summed E-state index contributed by atoms with van der Waals surface area (Å²) in [5.41, 5.74) is 0.427. The molecule has 2 aromatic rings. The average Bonchev–Trinajstić information content (AvgIpc) is 2.97. The molecule has 7 heteroatoms. The molecule has 1 aliphatic heterocycles. The first-order valence-electron chi connectivity index (χ1n) is 8.88. The largest absolute Gasteiger partial charge is 0.332 e. The minimum Gasteiger partial charge on any atom is -0.321 e. The van der Waals surface area contributed by atoms with E-state index in [1.165, 1.54) is 30.9 Å². The third-order valence-electron chi connectivity index (χ3n) is 5.31. The molecule has 0 unspecified atom stereocenters. The summed E-state index contributed by atoms with van der Waals surface area (Å²) in [5.74, 6) is 0.881. The van der Waals surface area contributed by atoms with Gasteiger partial charge in [-0.2, -0.15) is 0 Å². The number of piperidine rings is 1. The van der Waals surface area contributed by atoms with Gasteiger partial charge in [0, 0.05) is 26.7 Å². The van der Waals surface area contributed by atoms with Gasteiger partial charge in [-0.05, 0) is 32.7 Å². The van der Waals surface area contributed by atoms with Gasteiger partial charge >= 0.3 is 5.69 Å². The van der Waals surface area contributed by atoms with Gasteiger partial charge in [0.15, 0.2) is 11.2 Å². The standard InChI is InChI=1S/C17H27N5O2/c1-5-12-9-7-8-10-21(12)11-13-18-15-14(22(13)6-2)16(23)20(4)17(24)19(15)3/h12H,5-11H2,1-4H3/t12-/m1/s1. The van der Waals surface area contributed by atoms with Crippen molar-refractivity contribution in [3.05, 3.63) is 26.7 Å². The number of likely N-dealkylation sites (tertiary alicyclic amines) is 1. The van der Waals surface area contributed by atoms with Crippen molar-refractivity contribution in [2.45, 2.75) is 58.7 Å². The van der Waals surface area contributed by atoms with Crippen molar-refractivity contribution in [2.24, 2.45) is 14.1 Å². The van der Waals surface area contributed by atoms with Crippen LogP contribution >= 0.6 is 0 Å². The van der Waals surface area contributed by atoms with Crippen LogP contribution in [0.4, 0.5) is 0 Å². The molecule has 1 aliphatic rings. The first-order valence-corrected chi connectivity index (χ1v) is 8.88. The van der Waals surface area contributed by atoms with E-state index in [1.54, 1.807) is 7.05 Å². The Morgan fingerprint density at radius 2 is 1.88 bits per heavy atom. The van der Waals surface area contributed by atoms with Gasteiger partial charge in [0.25, 0.3) is 5.56 Å². The normalized spacial score (nSPS) is 19.2. The van der Waals surface area contributed by atoms with E-state index in [-0.39, 0.29) is 11.2 Å². The van der Waals surface area contributed by atoms with Crippen LogP contribution in [0.5, 0.6) is 0 Å². The maximum Gasteiger partial charge on any atom is 0.332 e. The number of hydrogen-bond donors (Lipinski definition) is 0. The van der Waals surface area contributed by atoms with Crippen molar-refractivity contribution in [3.63, 3.8) is 0 Å². The summed E-state index contributed by atoms with van der Waals surface area (Å²) < 4.78 is 4.61. The molecule has 0 N–H and O–H groups in total. The fraction of sp³-hybridized carbons (Fsp3) is 0.706. The lowest BCUT2D eigenvalue weighted by molar-refractivity contribution is 0.131. The van der Waals surface area contributed by atoms with Gasteiger partial charge in [0.05, 0.1) is 6.54 Å². The van der Waals surface area contributed by atoms with Gasteiger partial charge in [0.2, 0.25) is 0 Å². The topological polar surface area (TPSA) is 65.1 Å². The summed E-state index contributed by atoms with van der Waals surface area (Å²) in [6.07, 6.45) is 4.85. The molecule has 7 nitrogen and oxygen atoms in total. The zero-order valence-electron chi connectivity index (χ0n) is 15.1. The molecule has 0 aromatic carbocycles. The first kappa shape index (κ1) is 17.0. The SMILES string of the molecule is CC[C@@H]1CCCCN1Cc1nc2c(c(=O)n(C)c(=O)n2C)n1CC. The zero-order chi connectivity index (χ0) is 17.4. The Morgan fingerprint density at radius 3 is 2.54 bits per heavy atom. The Bertz CT molecular complexity index is 860. The highest BCUT2D eigenvalue weighted by Gasteiger charge is 2.24. The number of hydrogen-bond acceptors (Lipinski definition) is 4. The van der Waals surface area contributed by atoms with Crippen molar-refractivity contribution in [3.8, 4) is 0 Å². The highest BCUT2D eigenvalue weighted by Crippen LogP contribution is 2.22. The van der Waals surface area contributed by atoms with Gasteiger partial charge in [-0.1, -0.05) is 13.3 Å². The third kappa shape index (κ3) is 2.60. The van der Waals surface area contributed by atoms with Crippen LogP contribution in [0.25, 0.3) is 11.2 Å². The lowest BCUT2D eigenvalue weighted by atomic mass is 10.0. The smallest absolute Gasteiger partial charge is 0.321 e. The average molecular weight is 333 g/mol. The van der Waals surface area contributed by atoms with Crippen molar-refractivity contribution in [2.75, 3.05) is 6.54 Å². The third-order valence-corrected chi connectivity index (χ3v) is 5.31. The number of rotatable bonds is 4. The molecule has 2 aromatic heterocycles. The number of aromatic nitrogens is 4. The molecular formula is C17H27N5O2. The quantitative estimate of drug-likeness (QED) is 0.844. The van der Waals surface area contributed by atoms with E-state index in [0.29, 0.717) is 23.8 Å². The van der Waals surface area contributed by atoms with Crippen LogP contribution in [0, 0.1) is 0 Å². The second-order valence-electron chi connectivity index (χ2n) is 6.68. The van der Waals surface area contributed by atoms with Gasteiger partial charge in [-0.3, -0.25) is 18.8 Å². The van der Waals surface area contributed by atoms with Gasteiger partial charge in [-0.15, -0.1) is 0 Å². The Morgan fingerprint density at radius 1 is 1.12 bits per heavy atom. The van der Waals surface area contributed by atoms with Crippen LogP contribution in [0.1, 0.15) is 45.4 Å². The number of fused-ring (bicyclic) bond motifs is 1. The molecule has 0 radical (unpaired) electrons. The molecular weight excluding hydrogens is 306 g/mol. The van der Waals surface area contributed by atoms with Crippen LogP contribution in [0.15, 0.2) is 9.59 Å². The molecule has 0 amide bonds. The number of nitrogens with zero attached hydrogens (tertiary/aromatic N) is 5. The summed E-state index contributed by atoms with van der Waals surface area (Å²) in [7, 11) is 3.20. The van der Waals surface area contributed by atoms with E-state index in [0.717, 1.165) is 29.9 Å². The Hall–Kier alpha value is -1.89.